The molecule has 0 bridgehead atoms. The van der Waals surface area contributed by atoms with Crippen molar-refractivity contribution in [3.05, 3.63) is 29.3 Å². The van der Waals surface area contributed by atoms with Crippen molar-refractivity contribution < 1.29 is 9.90 Å². The Labute approximate surface area is 127 Å². The molecule has 1 saturated carbocycles. The van der Waals surface area contributed by atoms with Gasteiger partial charge in [-0.3, -0.25) is 4.79 Å². The molecule has 0 radical (unpaired) electrons. The summed E-state index contributed by atoms with van der Waals surface area (Å²) >= 11 is 0. The molecule has 1 aliphatic rings. The van der Waals surface area contributed by atoms with Gasteiger partial charge in [0.2, 0.25) is 0 Å². The van der Waals surface area contributed by atoms with Crippen LogP contribution >= 0.6 is 0 Å². The number of aliphatic hydroxyl groups excluding tert-OH is 1. The third-order valence-electron chi connectivity index (χ3n) is 4.17. The molecule has 0 spiro atoms. The van der Waals surface area contributed by atoms with Gasteiger partial charge in [-0.2, -0.15) is 0 Å². The van der Waals surface area contributed by atoms with Crippen molar-refractivity contribution >= 4 is 11.6 Å². The summed E-state index contributed by atoms with van der Waals surface area (Å²) in [5, 5.41) is 12.3. The molecule has 1 fully saturated rings. The Morgan fingerprint density at radius 3 is 2.71 bits per heavy atom. The molecule has 2 rings (SSSR count). The van der Waals surface area contributed by atoms with Gasteiger partial charge < -0.3 is 15.3 Å². The van der Waals surface area contributed by atoms with Crippen LogP contribution in [0.25, 0.3) is 0 Å². The number of hydrogen-bond donors (Lipinski definition) is 2. The van der Waals surface area contributed by atoms with Crippen LogP contribution in [0, 0.1) is 6.92 Å². The van der Waals surface area contributed by atoms with Gasteiger partial charge >= 0.3 is 0 Å². The van der Waals surface area contributed by atoms with Gasteiger partial charge in [0.05, 0.1) is 0 Å². The van der Waals surface area contributed by atoms with Crippen molar-refractivity contribution in [1.29, 1.82) is 0 Å². The average Bonchev–Trinajstić information content (AvgIpc) is 2.41. The van der Waals surface area contributed by atoms with Gasteiger partial charge in [0.15, 0.2) is 0 Å². The maximum atomic E-state index is 12.8. The Bertz CT molecular complexity index is 484. The summed E-state index contributed by atoms with van der Waals surface area (Å²) in [4.78, 5) is 14.8. The van der Waals surface area contributed by atoms with Crippen molar-refractivity contribution in [1.82, 2.24) is 4.90 Å². The second-order valence-electron chi connectivity index (χ2n) is 5.72. The van der Waals surface area contributed by atoms with Crippen molar-refractivity contribution in [3.63, 3.8) is 0 Å². The van der Waals surface area contributed by atoms with Crippen molar-refractivity contribution in [2.45, 2.75) is 45.6 Å². The van der Waals surface area contributed by atoms with E-state index in [1.165, 1.54) is 6.42 Å². The fourth-order valence-electron chi connectivity index (χ4n) is 2.76. The predicted octanol–water partition coefficient (Wildman–Crippen LogP) is 2.80. The number of amides is 1. The van der Waals surface area contributed by atoms with Gasteiger partial charge in [-0.15, -0.1) is 0 Å². The molecule has 2 N–H and O–H groups in total. The topological polar surface area (TPSA) is 52.6 Å². The van der Waals surface area contributed by atoms with Crippen molar-refractivity contribution in [2.24, 2.45) is 0 Å². The van der Waals surface area contributed by atoms with E-state index >= 15 is 0 Å². The molecule has 1 aromatic rings. The molecule has 0 aromatic heterocycles. The molecule has 0 saturated heterocycles. The van der Waals surface area contributed by atoms with Crippen molar-refractivity contribution in [2.75, 3.05) is 25.0 Å². The quantitative estimate of drug-likeness (QED) is 0.812. The highest BCUT2D eigenvalue weighted by atomic mass is 16.3. The van der Waals surface area contributed by atoms with Crippen LogP contribution in [0.1, 0.15) is 48.5 Å². The molecule has 1 amide bonds. The Hall–Kier alpha value is -1.55. The Morgan fingerprint density at radius 1 is 1.43 bits per heavy atom. The fourth-order valence-corrected chi connectivity index (χ4v) is 2.76. The van der Waals surface area contributed by atoms with Crippen LogP contribution in [-0.4, -0.2) is 41.7 Å². The largest absolute Gasteiger partial charge is 0.396 e. The molecule has 0 aliphatic heterocycles. The number of aryl methyl sites for hydroxylation is 1. The highest BCUT2D eigenvalue weighted by Crippen LogP contribution is 2.27. The summed E-state index contributed by atoms with van der Waals surface area (Å²) in [7, 11) is 0. The number of nitrogens with zero attached hydrogens (tertiary/aromatic N) is 1. The summed E-state index contributed by atoms with van der Waals surface area (Å²) in [6.07, 6.45) is 4.03. The van der Waals surface area contributed by atoms with Crippen LogP contribution in [0.4, 0.5) is 5.69 Å². The predicted molar refractivity (Wildman–Crippen MR) is 85.7 cm³/mol. The molecule has 0 atom stereocenters. The average molecular weight is 290 g/mol. The molecule has 21 heavy (non-hydrogen) atoms. The van der Waals surface area contributed by atoms with E-state index in [1.54, 1.807) is 0 Å². The van der Waals surface area contributed by atoms with Crippen molar-refractivity contribution in [3.8, 4) is 0 Å². The van der Waals surface area contributed by atoms with E-state index < -0.39 is 0 Å². The second kappa shape index (κ2) is 7.46. The number of carbonyl (C=O) groups is 1. The van der Waals surface area contributed by atoms with Crippen LogP contribution in [0.5, 0.6) is 0 Å². The molecule has 4 heteroatoms. The SMILES string of the molecule is CCNc1ccc(C(=O)N(CCCO)C2CCC2)c(C)c1. The van der Waals surface area contributed by atoms with Crippen LogP contribution in [-0.2, 0) is 0 Å². The number of carbonyl (C=O) groups excluding carboxylic acids is 1. The molecule has 0 heterocycles. The minimum atomic E-state index is 0.105. The molecule has 0 unspecified atom stereocenters. The lowest BCUT2D eigenvalue weighted by Gasteiger charge is -2.38. The highest BCUT2D eigenvalue weighted by molar-refractivity contribution is 5.96. The van der Waals surface area contributed by atoms with Gasteiger partial charge in [-0.1, -0.05) is 0 Å². The van der Waals surface area contributed by atoms with E-state index in [4.69, 9.17) is 5.11 Å². The minimum Gasteiger partial charge on any atom is -0.396 e. The van der Waals surface area contributed by atoms with E-state index in [0.29, 0.717) is 19.0 Å². The fraction of sp³-hybridized carbons (Fsp3) is 0.588. The summed E-state index contributed by atoms with van der Waals surface area (Å²) < 4.78 is 0. The highest BCUT2D eigenvalue weighted by Gasteiger charge is 2.29. The van der Waals surface area contributed by atoms with Gasteiger partial charge in [-0.25, -0.2) is 0 Å². The van der Waals surface area contributed by atoms with Gasteiger partial charge in [0, 0.05) is 37.0 Å². The first kappa shape index (κ1) is 15.8. The van der Waals surface area contributed by atoms with Crippen LogP contribution in [0.15, 0.2) is 18.2 Å². The Kier molecular flexibility index (Phi) is 5.62. The number of benzene rings is 1. The van der Waals surface area contributed by atoms with E-state index in [-0.39, 0.29) is 12.5 Å². The molecule has 4 nitrogen and oxygen atoms in total. The maximum absolute atomic E-state index is 12.8. The molecule has 1 aliphatic carbocycles. The maximum Gasteiger partial charge on any atom is 0.254 e. The molecule has 116 valence electrons. The first-order valence-corrected chi connectivity index (χ1v) is 7.93. The lowest BCUT2D eigenvalue weighted by molar-refractivity contribution is 0.0562. The lowest BCUT2D eigenvalue weighted by Crippen LogP contribution is -2.45. The van der Waals surface area contributed by atoms with Gasteiger partial charge in [0.25, 0.3) is 5.91 Å². The number of aliphatic hydroxyl groups is 1. The zero-order chi connectivity index (χ0) is 15.2. The monoisotopic (exact) mass is 290 g/mol. The van der Waals surface area contributed by atoms with Gasteiger partial charge in [-0.05, 0) is 63.3 Å². The smallest absolute Gasteiger partial charge is 0.254 e. The zero-order valence-corrected chi connectivity index (χ0v) is 13.1. The summed E-state index contributed by atoms with van der Waals surface area (Å²) in [5.74, 6) is 0.105. The van der Waals surface area contributed by atoms with E-state index in [1.807, 2.05) is 30.0 Å². The summed E-state index contributed by atoms with van der Waals surface area (Å²) in [6.45, 7) is 5.70. The number of hydrogen-bond acceptors (Lipinski definition) is 3. The Morgan fingerprint density at radius 2 is 2.19 bits per heavy atom. The van der Waals surface area contributed by atoms with Crippen LogP contribution < -0.4 is 5.32 Å². The third-order valence-corrected chi connectivity index (χ3v) is 4.17. The van der Waals surface area contributed by atoms with Crippen LogP contribution in [0.3, 0.4) is 0 Å². The molecular weight excluding hydrogens is 264 g/mol. The minimum absolute atomic E-state index is 0.105. The molecule has 1 aromatic carbocycles. The van der Waals surface area contributed by atoms with Crippen LogP contribution in [0.2, 0.25) is 0 Å². The van der Waals surface area contributed by atoms with Gasteiger partial charge in [0.1, 0.15) is 0 Å². The summed E-state index contributed by atoms with van der Waals surface area (Å²) in [6, 6.07) is 6.27. The normalized spacial score (nSPS) is 14.6. The first-order chi connectivity index (χ1) is 10.2. The first-order valence-electron chi connectivity index (χ1n) is 7.93. The van der Waals surface area contributed by atoms with E-state index in [2.05, 4.69) is 12.2 Å². The second-order valence-corrected chi connectivity index (χ2v) is 5.72. The zero-order valence-electron chi connectivity index (χ0n) is 13.1. The standard InChI is InChI=1S/C17H26N2O2/c1-3-18-14-8-9-16(13(2)12-14)17(21)19(10-5-11-20)15-6-4-7-15/h8-9,12,15,18,20H,3-7,10-11H2,1-2H3. The van der Waals surface area contributed by atoms with E-state index in [0.717, 1.165) is 36.2 Å². The lowest BCUT2D eigenvalue weighted by atomic mass is 9.90. The number of rotatable bonds is 7. The third kappa shape index (κ3) is 3.76. The Balaban J connectivity index is 2.15. The number of anilines is 1. The number of nitrogens with one attached hydrogen (secondary N) is 1. The molecular formula is C17H26N2O2. The summed E-state index contributed by atoms with van der Waals surface area (Å²) in [5.41, 5.74) is 2.84. The van der Waals surface area contributed by atoms with E-state index in [9.17, 15) is 4.79 Å².